The fourth-order valence-corrected chi connectivity index (χ4v) is 1.57. The number of halogens is 1. The first-order chi connectivity index (χ1) is 8.54. The minimum atomic E-state index is -0.473. The van der Waals surface area contributed by atoms with E-state index in [9.17, 15) is 9.18 Å². The number of pyridine rings is 1. The van der Waals surface area contributed by atoms with Gasteiger partial charge in [-0.05, 0) is 18.1 Å². The van der Waals surface area contributed by atoms with E-state index in [1.165, 1.54) is 12.1 Å². The van der Waals surface area contributed by atoms with Gasteiger partial charge in [0.1, 0.15) is 11.5 Å². The molecule has 0 saturated heterocycles. The highest BCUT2D eigenvalue weighted by atomic mass is 19.1. The molecule has 0 spiro atoms. The zero-order valence-corrected chi connectivity index (χ0v) is 10.6. The van der Waals surface area contributed by atoms with E-state index >= 15 is 0 Å². The molecular weight excluding hydrogens is 233 g/mol. The number of carbonyl (C=O) groups is 1. The lowest BCUT2D eigenvalue weighted by Crippen LogP contribution is -2.35. The minimum absolute atomic E-state index is 0.204. The smallest absolute Gasteiger partial charge is 0.272 e. The van der Waals surface area contributed by atoms with Gasteiger partial charge in [0.15, 0.2) is 0 Å². The predicted octanol–water partition coefficient (Wildman–Crippen LogP) is 2.23. The van der Waals surface area contributed by atoms with Gasteiger partial charge < -0.3 is 4.90 Å². The fraction of sp³-hybridized carbons (Fsp3) is 0.462. The molecule has 1 aromatic rings. The first kappa shape index (κ1) is 14.1. The number of nitrogens with zero attached hydrogens (tertiary/aromatic N) is 3. The van der Waals surface area contributed by atoms with Crippen molar-refractivity contribution in [3.8, 4) is 6.07 Å². The van der Waals surface area contributed by atoms with Gasteiger partial charge in [0, 0.05) is 13.1 Å². The van der Waals surface area contributed by atoms with E-state index in [2.05, 4.69) is 4.98 Å². The van der Waals surface area contributed by atoms with E-state index in [-0.39, 0.29) is 18.0 Å². The summed E-state index contributed by atoms with van der Waals surface area (Å²) in [6.07, 6.45) is 1.30. The quantitative estimate of drug-likeness (QED) is 0.804. The van der Waals surface area contributed by atoms with Crippen molar-refractivity contribution in [3.63, 3.8) is 0 Å². The summed E-state index contributed by atoms with van der Waals surface area (Å²) in [5.41, 5.74) is 0.204. The molecule has 0 radical (unpaired) electrons. The van der Waals surface area contributed by atoms with Crippen LogP contribution < -0.4 is 0 Å². The van der Waals surface area contributed by atoms with Gasteiger partial charge in [0.2, 0.25) is 0 Å². The molecular formula is C13H16FN3O. The number of carbonyl (C=O) groups excluding carboxylic acids is 1. The Balaban J connectivity index is 2.81. The van der Waals surface area contributed by atoms with Crippen LogP contribution in [-0.4, -0.2) is 28.9 Å². The Kier molecular flexibility index (Phi) is 5.25. The highest BCUT2D eigenvalue weighted by Gasteiger charge is 2.17. The number of hydrogen-bond acceptors (Lipinski definition) is 3. The molecule has 96 valence electrons. The molecule has 1 rings (SSSR count). The number of aromatic nitrogens is 1. The Hall–Kier alpha value is -1.96. The summed E-state index contributed by atoms with van der Waals surface area (Å²) in [4.78, 5) is 17.5. The van der Waals surface area contributed by atoms with Gasteiger partial charge in [-0.3, -0.25) is 4.79 Å². The lowest BCUT2D eigenvalue weighted by Gasteiger charge is -2.23. The van der Waals surface area contributed by atoms with Gasteiger partial charge in [0.25, 0.3) is 5.91 Å². The summed E-state index contributed by atoms with van der Waals surface area (Å²) in [6.45, 7) is 4.90. The Bertz CT molecular complexity index is 437. The summed E-state index contributed by atoms with van der Waals surface area (Å²) >= 11 is 0. The molecule has 1 amide bonds. The third-order valence-corrected chi connectivity index (χ3v) is 2.31. The Morgan fingerprint density at radius 3 is 2.78 bits per heavy atom. The van der Waals surface area contributed by atoms with Gasteiger partial charge in [-0.2, -0.15) is 5.26 Å². The molecule has 0 fully saturated rings. The summed E-state index contributed by atoms with van der Waals surface area (Å²) in [7, 11) is 0. The van der Waals surface area contributed by atoms with Crippen molar-refractivity contribution in [2.24, 2.45) is 5.92 Å². The second kappa shape index (κ2) is 6.70. The first-order valence-corrected chi connectivity index (χ1v) is 5.82. The molecule has 18 heavy (non-hydrogen) atoms. The van der Waals surface area contributed by atoms with E-state index in [4.69, 9.17) is 5.26 Å². The molecule has 0 aliphatic heterocycles. The van der Waals surface area contributed by atoms with Crippen molar-refractivity contribution in [1.29, 1.82) is 5.26 Å². The van der Waals surface area contributed by atoms with E-state index in [0.29, 0.717) is 19.0 Å². The van der Waals surface area contributed by atoms with Crippen molar-refractivity contribution in [1.82, 2.24) is 9.88 Å². The molecule has 0 saturated carbocycles. The highest BCUT2D eigenvalue weighted by Crippen LogP contribution is 2.07. The average molecular weight is 249 g/mol. The monoisotopic (exact) mass is 249 g/mol. The highest BCUT2D eigenvalue weighted by molar-refractivity contribution is 5.92. The zero-order valence-electron chi connectivity index (χ0n) is 10.6. The molecule has 0 aliphatic rings. The van der Waals surface area contributed by atoms with Crippen LogP contribution >= 0.6 is 0 Å². The largest absolute Gasteiger partial charge is 0.336 e. The third kappa shape index (κ3) is 4.13. The standard InChI is InChI=1S/C13H16FN3O/c1-10(2)9-17(7-3-6-15)13(18)12-5-4-11(14)8-16-12/h4-5,8,10H,3,7,9H2,1-2H3. The van der Waals surface area contributed by atoms with Crippen molar-refractivity contribution in [3.05, 3.63) is 29.8 Å². The Labute approximate surface area is 106 Å². The summed E-state index contributed by atoms with van der Waals surface area (Å²) < 4.78 is 12.7. The maximum atomic E-state index is 12.7. The van der Waals surface area contributed by atoms with E-state index in [1.54, 1.807) is 4.90 Å². The molecule has 0 aromatic carbocycles. The van der Waals surface area contributed by atoms with Crippen molar-refractivity contribution < 1.29 is 9.18 Å². The summed E-state index contributed by atoms with van der Waals surface area (Å²) in [5, 5.41) is 8.58. The Morgan fingerprint density at radius 2 is 2.28 bits per heavy atom. The van der Waals surface area contributed by atoms with Crippen LogP contribution in [0.15, 0.2) is 18.3 Å². The lowest BCUT2D eigenvalue weighted by molar-refractivity contribution is 0.0734. The van der Waals surface area contributed by atoms with Crippen LogP contribution in [0, 0.1) is 23.1 Å². The third-order valence-electron chi connectivity index (χ3n) is 2.31. The molecule has 0 aliphatic carbocycles. The lowest BCUT2D eigenvalue weighted by atomic mass is 10.2. The number of nitriles is 1. The molecule has 0 N–H and O–H groups in total. The summed E-state index contributed by atoms with van der Waals surface area (Å²) in [5.74, 6) is -0.439. The van der Waals surface area contributed by atoms with Gasteiger partial charge in [-0.25, -0.2) is 9.37 Å². The van der Waals surface area contributed by atoms with Gasteiger partial charge in [-0.1, -0.05) is 13.8 Å². The molecule has 5 heteroatoms. The van der Waals surface area contributed by atoms with E-state index in [0.717, 1.165) is 6.20 Å². The average Bonchev–Trinajstić information content (AvgIpc) is 2.34. The molecule has 4 nitrogen and oxygen atoms in total. The van der Waals surface area contributed by atoms with Crippen molar-refractivity contribution in [2.75, 3.05) is 13.1 Å². The second-order valence-corrected chi connectivity index (χ2v) is 4.41. The van der Waals surface area contributed by atoms with Crippen LogP contribution in [0.1, 0.15) is 30.8 Å². The fourth-order valence-electron chi connectivity index (χ4n) is 1.57. The SMILES string of the molecule is CC(C)CN(CCC#N)C(=O)c1ccc(F)cn1. The van der Waals surface area contributed by atoms with Crippen molar-refractivity contribution >= 4 is 5.91 Å². The van der Waals surface area contributed by atoms with Crippen LogP contribution in [-0.2, 0) is 0 Å². The number of rotatable bonds is 5. The van der Waals surface area contributed by atoms with Gasteiger partial charge in [-0.15, -0.1) is 0 Å². The van der Waals surface area contributed by atoms with E-state index in [1.807, 2.05) is 19.9 Å². The van der Waals surface area contributed by atoms with Crippen LogP contribution in [0.4, 0.5) is 4.39 Å². The van der Waals surface area contributed by atoms with Crippen LogP contribution in [0.2, 0.25) is 0 Å². The van der Waals surface area contributed by atoms with E-state index < -0.39 is 5.82 Å². The molecule has 0 atom stereocenters. The maximum Gasteiger partial charge on any atom is 0.272 e. The zero-order chi connectivity index (χ0) is 13.5. The number of amides is 1. The maximum absolute atomic E-state index is 12.7. The minimum Gasteiger partial charge on any atom is -0.336 e. The number of hydrogen-bond donors (Lipinski definition) is 0. The normalized spacial score (nSPS) is 10.2. The second-order valence-electron chi connectivity index (χ2n) is 4.41. The van der Waals surface area contributed by atoms with Crippen LogP contribution in [0.25, 0.3) is 0 Å². The molecule has 0 bridgehead atoms. The first-order valence-electron chi connectivity index (χ1n) is 5.82. The van der Waals surface area contributed by atoms with Crippen LogP contribution in [0.5, 0.6) is 0 Å². The summed E-state index contributed by atoms with van der Waals surface area (Å²) in [6, 6.07) is 4.58. The Morgan fingerprint density at radius 1 is 1.56 bits per heavy atom. The van der Waals surface area contributed by atoms with Crippen LogP contribution in [0.3, 0.4) is 0 Å². The predicted molar refractivity (Wildman–Crippen MR) is 65.2 cm³/mol. The van der Waals surface area contributed by atoms with Gasteiger partial charge in [0.05, 0.1) is 18.7 Å². The molecule has 1 aromatic heterocycles. The molecule has 1 heterocycles. The van der Waals surface area contributed by atoms with Crippen molar-refractivity contribution in [2.45, 2.75) is 20.3 Å². The van der Waals surface area contributed by atoms with Gasteiger partial charge >= 0.3 is 0 Å². The molecule has 0 unspecified atom stereocenters. The topological polar surface area (TPSA) is 57.0 Å².